The summed E-state index contributed by atoms with van der Waals surface area (Å²) in [5.74, 6) is -0.148. The van der Waals surface area contributed by atoms with Crippen molar-refractivity contribution in [1.82, 2.24) is 5.32 Å². The Labute approximate surface area is 212 Å². The third kappa shape index (κ3) is 4.33. The second-order valence-corrected chi connectivity index (χ2v) is 8.47. The van der Waals surface area contributed by atoms with Crippen LogP contribution in [0.4, 0.5) is 4.39 Å². The van der Waals surface area contributed by atoms with Crippen LogP contribution < -0.4 is 29.7 Å². The van der Waals surface area contributed by atoms with Crippen LogP contribution in [0.25, 0.3) is 11.1 Å². The second-order valence-electron chi connectivity index (χ2n) is 8.09. The number of methoxy groups -OCH3 is 4. The van der Waals surface area contributed by atoms with Gasteiger partial charge >= 0.3 is 0 Å². The van der Waals surface area contributed by atoms with Crippen LogP contribution in [0.1, 0.15) is 33.9 Å². The summed E-state index contributed by atoms with van der Waals surface area (Å²) >= 11 is 6.79. The van der Waals surface area contributed by atoms with Gasteiger partial charge in [-0.2, -0.15) is 0 Å². The van der Waals surface area contributed by atoms with E-state index in [4.69, 9.17) is 30.5 Å². The lowest BCUT2D eigenvalue weighted by Gasteiger charge is -2.21. The van der Waals surface area contributed by atoms with Crippen molar-refractivity contribution in [2.75, 3.05) is 28.4 Å². The van der Waals surface area contributed by atoms with Crippen molar-refractivity contribution < 1.29 is 28.1 Å². The summed E-state index contributed by atoms with van der Waals surface area (Å²) in [5.41, 5.74) is 1.93. The Bertz CT molecular complexity index is 1390. The summed E-state index contributed by atoms with van der Waals surface area (Å²) in [7, 11) is 5.85. The number of carbonyl (C=O) groups excluding carboxylic acids is 1. The lowest BCUT2D eigenvalue weighted by Crippen LogP contribution is -2.29. The van der Waals surface area contributed by atoms with Gasteiger partial charge in [0.05, 0.1) is 45.1 Å². The summed E-state index contributed by atoms with van der Waals surface area (Å²) in [5, 5.41) is 3.23. The molecule has 0 saturated carbocycles. The Morgan fingerprint density at radius 3 is 2.31 bits per heavy atom. The fourth-order valence-corrected chi connectivity index (χ4v) is 4.92. The quantitative estimate of drug-likeness (QED) is 0.502. The van der Waals surface area contributed by atoms with Gasteiger partial charge in [0.1, 0.15) is 5.82 Å². The largest absolute Gasteiger partial charge is 0.493 e. The lowest BCUT2D eigenvalue weighted by atomic mass is 9.95. The zero-order chi connectivity index (χ0) is 26.0. The fourth-order valence-electron chi connectivity index (χ4n) is 4.57. The molecule has 1 aliphatic carbocycles. The van der Waals surface area contributed by atoms with Crippen LogP contribution in [0.5, 0.6) is 23.0 Å². The van der Waals surface area contributed by atoms with Crippen molar-refractivity contribution in [3.05, 3.63) is 80.2 Å². The van der Waals surface area contributed by atoms with Crippen LogP contribution in [-0.4, -0.2) is 34.3 Å². The maximum absolute atomic E-state index is 14.3. The number of rotatable bonds is 6. The molecule has 188 valence electrons. The molecule has 0 heterocycles. The molecular formula is C27H25ClFNO6. The molecule has 1 atom stereocenters. The molecule has 36 heavy (non-hydrogen) atoms. The van der Waals surface area contributed by atoms with Gasteiger partial charge < -0.3 is 24.3 Å². The predicted molar refractivity (Wildman–Crippen MR) is 134 cm³/mol. The van der Waals surface area contributed by atoms with E-state index >= 15 is 0 Å². The van der Waals surface area contributed by atoms with E-state index in [1.54, 1.807) is 18.2 Å². The molecule has 0 radical (unpaired) electrons. The average Bonchev–Trinajstić information content (AvgIpc) is 3.13. The number of nitrogens with one attached hydrogen (secondary N) is 1. The van der Waals surface area contributed by atoms with Crippen molar-refractivity contribution in [3.63, 3.8) is 0 Å². The van der Waals surface area contributed by atoms with E-state index in [2.05, 4.69) is 5.32 Å². The van der Waals surface area contributed by atoms with Crippen molar-refractivity contribution in [1.29, 1.82) is 0 Å². The highest BCUT2D eigenvalue weighted by molar-refractivity contribution is 6.34. The molecule has 0 saturated heterocycles. The second kappa shape index (κ2) is 10.5. The molecule has 1 N–H and O–H groups in total. The highest BCUT2D eigenvalue weighted by Gasteiger charge is 2.32. The summed E-state index contributed by atoms with van der Waals surface area (Å²) < 4.78 is 36.5. The molecule has 0 aliphatic heterocycles. The first-order chi connectivity index (χ1) is 17.4. The molecule has 1 amide bonds. The van der Waals surface area contributed by atoms with Crippen LogP contribution in [0.2, 0.25) is 5.02 Å². The number of amides is 1. The van der Waals surface area contributed by atoms with Crippen LogP contribution >= 0.6 is 11.6 Å². The Morgan fingerprint density at radius 1 is 0.972 bits per heavy atom. The number of carbonyl (C=O) groups is 1. The number of hydrogen-bond donors (Lipinski definition) is 1. The van der Waals surface area contributed by atoms with Gasteiger partial charge in [-0.25, -0.2) is 4.39 Å². The van der Waals surface area contributed by atoms with Gasteiger partial charge in [0.2, 0.25) is 11.2 Å². The molecule has 4 rings (SSSR count). The van der Waals surface area contributed by atoms with Crippen LogP contribution in [0, 0.1) is 5.82 Å². The molecule has 7 nitrogen and oxygen atoms in total. The van der Waals surface area contributed by atoms with Crippen LogP contribution in [0.3, 0.4) is 0 Å². The van der Waals surface area contributed by atoms with Crippen LogP contribution in [-0.2, 0) is 6.42 Å². The summed E-state index contributed by atoms with van der Waals surface area (Å²) in [6, 6.07) is 9.74. The third-order valence-corrected chi connectivity index (χ3v) is 6.63. The minimum absolute atomic E-state index is 0.0972. The highest BCUT2D eigenvalue weighted by Crippen LogP contribution is 2.54. The Hall–Kier alpha value is -3.78. The Balaban J connectivity index is 1.99. The van der Waals surface area contributed by atoms with E-state index in [9.17, 15) is 14.0 Å². The molecule has 1 aliphatic rings. The van der Waals surface area contributed by atoms with E-state index in [1.807, 2.05) is 0 Å². The maximum atomic E-state index is 14.3. The molecule has 3 aromatic rings. The number of ether oxygens (including phenoxy) is 4. The van der Waals surface area contributed by atoms with Crippen molar-refractivity contribution in [3.8, 4) is 34.1 Å². The first-order valence-corrected chi connectivity index (χ1v) is 11.5. The van der Waals surface area contributed by atoms with E-state index in [0.29, 0.717) is 57.4 Å². The molecule has 0 spiro atoms. The minimum atomic E-state index is -0.651. The lowest BCUT2D eigenvalue weighted by molar-refractivity contribution is 0.0931. The van der Waals surface area contributed by atoms with Gasteiger partial charge in [-0.15, -0.1) is 0 Å². The van der Waals surface area contributed by atoms with Gasteiger partial charge in [0.15, 0.2) is 17.2 Å². The smallest absolute Gasteiger partial charge is 0.254 e. The molecule has 0 unspecified atom stereocenters. The van der Waals surface area contributed by atoms with Crippen LogP contribution in [0.15, 0.2) is 47.3 Å². The normalized spacial score (nSPS) is 14.1. The van der Waals surface area contributed by atoms with Gasteiger partial charge in [-0.3, -0.25) is 9.59 Å². The summed E-state index contributed by atoms with van der Waals surface area (Å²) in [6.07, 6.45) is 0.765. The first kappa shape index (κ1) is 25.3. The van der Waals surface area contributed by atoms with E-state index in [-0.39, 0.29) is 16.7 Å². The van der Waals surface area contributed by atoms with E-state index < -0.39 is 17.8 Å². The highest BCUT2D eigenvalue weighted by atomic mass is 35.5. The van der Waals surface area contributed by atoms with Crippen molar-refractivity contribution in [2.24, 2.45) is 0 Å². The zero-order valence-corrected chi connectivity index (χ0v) is 21.0. The van der Waals surface area contributed by atoms with Gasteiger partial charge in [0, 0.05) is 5.56 Å². The molecule has 0 bridgehead atoms. The third-order valence-electron chi connectivity index (χ3n) is 6.23. The number of fused-ring (bicyclic) bond motifs is 3. The maximum Gasteiger partial charge on any atom is 0.254 e. The Morgan fingerprint density at radius 2 is 1.67 bits per heavy atom. The molecule has 0 aromatic heterocycles. The standard InChI is InChI=1S/C27H25ClFNO6/c1-33-21-12-10-14-17(13-20(21)31)19(30-27(32)15-7-5-6-8-18(15)29)11-9-16-22(14)24(34-2)26(36-4)25(35-3)23(16)28/h5-8,10,12-13,19H,9,11H2,1-4H3,(H,30,32)/t19-/m0/s1. The predicted octanol–water partition coefficient (Wildman–Crippen LogP) is 4.96. The summed E-state index contributed by atoms with van der Waals surface area (Å²) in [6.45, 7) is 0. The van der Waals surface area contributed by atoms with Crippen molar-refractivity contribution in [2.45, 2.75) is 18.9 Å². The monoisotopic (exact) mass is 513 g/mol. The number of halogens is 2. The van der Waals surface area contributed by atoms with E-state index in [0.717, 1.165) is 0 Å². The fraction of sp³-hybridized carbons (Fsp3) is 0.259. The average molecular weight is 514 g/mol. The number of hydrogen-bond acceptors (Lipinski definition) is 6. The molecule has 9 heteroatoms. The van der Waals surface area contributed by atoms with Crippen molar-refractivity contribution >= 4 is 17.5 Å². The minimum Gasteiger partial charge on any atom is -0.493 e. The zero-order valence-electron chi connectivity index (χ0n) is 20.2. The molecular weight excluding hydrogens is 489 g/mol. The van der Waals surface area contributed by atoms with Gasteiger partial charge in [-0.1, -0.05) is 29.8 Å². The molecule has 0 fully saturated rings. The van der Waals surface area contributed by atoms with E-state index in [1.165, 1.54) is 52.7 Å². The van der Waals surface area contributed by atoms with Gasteiger partial charge in [0.25, 0.3) is 5.91 Å². The Kier molecular flexibility index (Phi) is 7.35. The molecule has 3 aromatic carbocycles. The first-order valence-electron chi connectivity index (χ1n) is 11.1. The topological polar surface area (TPSA) is 83.1 Å². The van der Waals surface area contributed by atoms with Gasteiger partial charge in [-0.05, 0) is 53.8 Å². The summed E-state index contributed by atoms with van der Waals surface area (Å²) in [4.78, 5) is 26.0. The number of benzene rings is 2. The SMILES string of the molecule is COc1c(Cl)c2c(c(OC)c1OC)-c1ccc(OC)c(=O)cc1[C@@H](NC(=O)c1ccccc1F)CC2.